The maximum atomic E-state index is 5.72. The number of nitrogens with one attached hydrogen (secondary N) is 1. The highest BCUT2D eigenvalue weighted by Gasteiger charge is 2.19. The van der Waals surface area contributed by atoms with Gasteiger partial charge in [0.05, 0.1) is 0 Å². The molecule has 0 aliphatic carbocycles. The number of unbranched alkanes of at least 4 members (excludes halogenated alkanes) is 1. The number of nitrogens with zero attached hydrogens (tertiary/aromatic N) is 1. The number of rotatable bonds is 6. The van der Waals surface area contributed by atoms with E-state index in [9.17, 15) is 0 Å². The number of nitrogens with two attached hydrogens (primary N) is 1. The van der Waals surface area contributed by atoms with E-state index < -0.39 is 0 Å². The van der Waals surface area contributed by atoms with Gasteiger partial charge in [-0.05, 0) is 19.4 Å². The van der Waals surface area contributed by atoms with Gasteiger partial charge in [0.15, 0.2) is 0 Å². The van der Waals surface area contributed by atoms with Gasteiger partial charge in [-0.15, -0.1) is 0 Å². The molecule has 4 nitrogen and oxygen atoms in total. The first-order valence-corrected chi connectivity index (χ1v) is 5.52. The van der Waals surface area contributed by atoms with Crippen LogP contribution < -0.4 is 11.1 Å². The minimum atomic E-state index is 0.534. The molecule has 1 aliphatic heterocycles. The zero-order chi connectivity index (χ0) is 10.2. The van der Waals surface area contributed by atoms with Crippen molar-refractivity contribution >= 4 is 0 Å². The lowest BCUT2D eigenvalue weighted by Crippen LogP contribution is -2.54. The van der Waals surface area contributed by atoms with Crippen LogP contribution in [0.1, 0.15) is 12.8 Å². The second-order valence-corrected chi connectivity index (χ2v) is 3.83. The van der Waals surface area contributed by atoms with Crippen molar-refractivity contribution in [3.05, 3.63) is 0 Å². The molecule has 0 bridgehead atoms. The maximum absolute atomic E-state index is 5.72. The van der Waals surface area contributed by atoms with E-state index >= 15 is 0 Å². The smallest absolute Gasteiger partial charge is 0.0462 e. The highest BCUT2D eigenvalue weighted by Crippen LogP contribution is 2.04. The van der Waals surface area contributed by atoms with E-state index in [0.29, 0.717) is 6.04 Å². The van der Waals surface area contributed by atoms with E-state index in [-0.39, 0.29) is 0 Å². The largest absolute Gasteiger partial charge is 0.385 e. The van der Waals surface area contributed by atoms with Crippen LogP contribution >= 0.6 is 0 Å². The Morgan fingerprint density at radius 2 is 2.36 bits per heavy atom. The van der Waals surface area contributed by atoms with E-state index in [1.807, 2.05) is 0 Å². The second kappa shape index (κ2) is 7.17. The monoisotopic (exact) mass is 201 g/mol. The van der Waals surface area contributed by atoms with E-state index in [0.717, 1.165) is 45.8 Å². The third-order valence-electron chi connectivity index (χ3n) is 2.79. The van der Waals surface area contributed by atoms with Crippen LogP contribution in [-0.4, -0.2) is 57.4 Å². The zero-order valence-corrected chi connectivity index (χ0v) is 9.17. The van der Waals surface area contributed by atoms with Crippen LogP contribution in [0.2, 0.25) is 0 Å². The fraction of sp³-hybridized carbons (Fsp3) is 1.00. The van der Waals surface area contributed by atoms with Gasteiger partial charge < -0.3 is 15.8 Å². The Morgan fingerprint density at radius 1 is 1.50 bits per heavy atom. The fourth-order valence-corrected chi connectivity index (χ4v) is 1.89. The molecule has 0 aromatic carbocycles. The SMILES string of the molecule is COCCCCN1CCNCC1CN. The minimum absolute atomic E-state index is 0.534. The van der Waals surface area contributed by atoms with Crippen molar-refractivity contribution < 1.29 is 4.74 Å². The third kappa shape index (κ3) is 3.92. The first-order valence-electron chi connectivity index (χ1n) is 5.52. The molecule has 4 heteroatoms. The van der Waals surface area contributed by atoms with Gasteiger partial charge in [-0.1, -0.05) is 0 Å². The summed E-state index contributed by atoms with van der Waals surface area (Å²) in [5.74, 6) is 0. The lowest BCUT2D eigenvalue weighted by molar-refractivity contribution is 0.149. The average Bonchev–Trinajstić information content (AvgIpc) is 2.25. The third-order valence-corrected chi connectivity index (χ3v) is 2.79. The number of methoxy groups -OCH3 is 1. The lowest BCUT2D eigenvalue weighted by atomic mass is 10.1. The van der Waals surface area contributed by atoms with Crippen molar-refractivity contribution in [1.29, 1.82) is 0 Å². The highest BCUT2D eigenvalue weighted by atomic mass is 16.5. The summed E-state index contributed by atoms with van der Waals surface area (Å²) in [4.78, 5) is 2.49. The van der Waals surface area contributed by atoms with Gasteiger partial charge in [-0.3, -0.25) is 4.90 Å². The summed E-state index contributed by atoms with van der Waals surface area (Å²) in [7, 11) is 1.76. The number of ether oxygens (including phenoxy) is 1. The minimum Gasteiger partial charge on any atom is -0.385 e. The molecule has 0 amide bonds. The molecule has 3 N–H and O–H groups in total. The Hall–Kier alpha value is -0.160. The predicted octanol–water partition coefficient (Wildman–Crippen LogP) is -0.354. The lowest BCUT2D eigenvalue weighted by Gasteiger charge is -2.35. The van der Waals surface area contributed by atoms with E-state index in [1.54, 1.807) is 7.11 Å². The molecular weight excluding hydrogens is 178 g/mol. The van der Waals surface area contributed by atoms with Gasteiger partial charge in [0.25, 0.3) is 0 Å². The highest BCUT2D eigenvalue weighted by molar-refractivity contribution is 4.80. The second-order valence-electron chi connectivity index (χ2n) is 3.83. The molecule has 1 saturated heterocycles. The molecule has 1 rings (SSSR count). The number of hydrogen-bond donors (Lipinski definition) is 2. The molecule has 0 saturated carbocycles. The first-order chi connectivity index (χ1) is 6.88. The summed E-state index contributed by atoms with van der Waals surface area (Å²) >= 11 is 0. The molecular formula is C10H23N3O. The van der Waals surface area contributed by atoms with Gasteiger partial charge in [-0.25, -0.2) is 0 Å². The molecule has 0 aromatic heterocycles. The Balaban J connectivity index is 2.13. The normalized spacial score (nSPS) is 24.0. The Labute approximate surface area is 86.8 Å². The Bertz CT molecular complexity index is 143. The summed E-state index contributed by atoms with van der Waals surface area (Å²) in [6.45, 7) is 6.07. The van der Waals surface area contributed by atoms with E-state index in [2.05, 4.69) is 10.2 Å². The first kappa shape index (κ1) is 11.9. The van der Waals surface area contributed by atoms with Crippen molar-refractivity contribution in [1.82, 2.24) is 10.2 Å². The summed E-state index contributed by atoms with van der Waals surface area (Å²) in [6, 6.07) is 0.534. The molecule has 1 aliphatic rings. The quantitative estimate of drug-likeness (QED) is 0.577. The van der Waals surface area contributed by atoms with Crippen LogP contribution in [0.3, 0.4) is 0 Å². The van der Waals surface area contributed by atoms with Crippen LogP contribution in [0.25, 0.3) is 0 Å². The Morgan fingerprint density at radius 3 is 3.07 bits per heavy atom. The molecule has 1 unspecified atom stereocenters. The predicted molar refractivity (Wildman–Crippen MR) is 58.4 cm³/mol. The van der Waals surface area contributed by atoms with Crippen molar-refractivity contribution in [2.24, 2.45) is 5.73 Å². The standard InChI is InChI=1S/C10H23N3O/c1-14-7-3-2-5-13-6-4-12-9-10(13)8-11/h10,12H,2-9,11H2,1H3. The van der Waals surface area contributed by atoms with Gasteiger partial charge >= 0.3 is 0 Å². The van der Waals surface area contributed by atoms with Crippen LogP contribution in [0.5, 0.6) is 0 Å². The molecule has 1 atom stereocenters. The zero-order valence-electron chi connectivity index (χ0n) is 9.17. The molecule has 84 valence electrons. The number of piperazine rings is 1. The van der Waals surface area contributed by atoms with Gasteiger partial charge in [0.2, 0.25) is 0 Å². The summed E-state index contributed by atoms with van der Waals surface area (Å²) in [5.41, 5.74) is 5.72. The van der Waals surface area contributed by atoms with Gasteiger partial charge in [0.1, 0.15) is 0 Å². The molecule has 1 fully saturated rings. The Kier molecular flexibility index (Phi) is 6.10. The van der Waals surface area contributed by atoms with Crippen molar-refractivity contribution in [2.75, 3.05) is 46.4 Å². The van der Waals surface area contributed by atoms with E-state index in [1.165, 1.54) is 6.42 Å². The summed E-state index contributed by atoms with van der Waals surface area (Å²) in [6.07, 6.45) is 2.36. The summed E-state index contributed by atoms with van der Waals surface area (Å²) in [5, 5.41) is 3.37. The van der Waals surface area contributed by atoms with Crippen molar-refractivity contribution in [2.45, 2.75) is 18.9 Å². The van der Waals surface area contributed by atoms with Crippen LogP contribution in [0.15, 0.2) is 0 Å². The summed E-state index contributed by atoms with van der Waals surface area (Å²) < 4.78 is 5.03. The van der Waals surface area contributed by atoms with Crippen LogP contribution in [0, 0.1) is 0 Å². The van der Waals surface area contributed by atoms with E-state index in [4.69, 9.17) is 10.5 Å². The average molecular weight is 201 g/mol. The van der Waals surface area contributed by atoms with Gasteiger partial charge in [0, 0.05) is 45.9 Å². The topological polar surface area (TPSA) is 50.5 Å². The fourth-order valence-electron chi connectivity index (χ4n) is 1.89. The van der Waals surface area contributed by atoms with Crippen LogP contribution in [0.4, 0.5) is 0 Å². The van der Waals surface area contributed by atoms with Gasteiger partial charge in [-0.2, -0.15) is 0 Å². The molecule has 0 spiro atoms. The number of hydrogen-bond acceptors (Lipinski definition) is 4. The van der Waals surface area contributed by atoms with Crippen molar-refractivity contribution in [3.8, 4) is 0 Å². The molecule has 0 aromatic rings. The van der Waals surface area contributed by atoms with Crippen molar-refractivity contribution in [3.63, 3.8) is 0 Å². The van der Waals surface area contributed by atoms with Crippen LogP contribution in [-0.2, 0) is 4.74 Å². The molecule has 1 heterocycles. The maximum Gasteiger partial charge on any atom is 0.0462 e. The molecule has 0 radical (unpaired) electrons. The molecule has 14 heavy (non-hydrogen) atoms.